The molecule has 114 valence electrons. The molecule has 5 heteroatoms. The van der Waals surface area contributed by atoms with E-state index in [1.165, 1.54) is 0 Å². The van der Waals surface area contributed by atoms with Gasteiger partial charge in [0.15, 0.2) is 0 Å². The van der Waals surface area contributed by atoms with Crippen LogP contribution in [0.5, 0.6) is 0 Å². The van der Waals surface area contributed by atoms with Gasteiger partial charge < -0.3 is 15.3 Å². The van der Waals surface area contributed by atoms with E-state index >= 15 is 0 Å². The minimum absolute atomic E-state index is 0.130. The molecule has 5 unspecified atom stereocenters. The quantitative estimate of drug-likeness (QED) is 0.812. The summed E-state index contributed by atoms with van der Waals surface area (Å²) >= 11 is 0. The van der Waals surface area contributed by atoms with E-state index in [9.17, 15) is 14.7 Å². The zero-order chi connectivity index (χ0) is 14.9. The molecule has 5 nitrogen and oxygen atoms in total. The molecule has 0 heterocycles. The monoisotopic (exact) mass is 282 g/mol. The first kappa shape index (κ1) is 15.1. The predicted octanol–water partition coefficient (Wildman–Crippen LogP) is 2.17. The molecular weight excluding hydrogens is 256 g/mol. The van der Waals surface area contributed by atoms with E-state index in [0.717, 1.165) is 25.7 Å². The van der Waals surface area contributed by atoms with Crippen LogP contribution in [-0.4, -0.2) is 41.6 Å². The highest BCUT2D eigenvalue weighted by Crippen LogP contribution is 2.48. The smallest absolute Gasteiger partial charge is 0.317 e. The van der Waals surface area contributed by atoms with Crippen molar-refractivity contribution in [2.24, 2.45) is 23.7 Å². The van der Waals surface area contributed by atoms with E-state index in [4.69, 9.17) is 0 Å². The molecular formula is C15H26N2O3. The maximum atomic E-state index is 12.2. The van der Waals surface area contributed by atoms with Crippen LogP contribution in [0.2, 0.25) is 0 Å². The van der Waals surface area contributed by atoms with Gasteiger partial charge in [0.05, 0.1) is 5.92 Å². The molecule has 0 aromatic carbocycles. The number of aliphatic carboxylic acids is 1. The van der Waals surface area contributed by atoms with Crippen LogP contribution < -0.4 is 5.32 Å². The van der Waals surface area contributed by atoms with Crippen LogP contribution in [0.1, 0.15) is 39.5 Å². The normalized spacial score (nSPS) is 33.0. The van der Waals surface area contributed by atoms with Crippen LogP contribution in [0.15, 0.2) is 0 Å². The number of hydrogen-bond donors (Lipinski definition) is 2. The molecule has 0 saturated heterocycles. The predicted molar refractivity (Wildman–Crippen MR) is 76.4 cm³/mol. The molecule has 2 amide bonds. The van der Waals surface area contributed by atoms with E-state index in [-0.39, 0.29) is 18.0 Å². The summed E-state index contributed by atoms with van der Waals surface area (Å²) in [4.78, 5) is 25.3. The van der Waals surface area contributed by atoms with Crippen molar-refractivity contribution >= 4 is 12.0 Å². The largest absolute Gasteiger partial charge is 0.481 e. The highest BCUT2D eigenvalue weighted by Gasteiger charge is 2.51. The average molecular weight is 282 g/mol. The van der Waals surface area contributed by atoms with Gasteiger partial charge in [-0.2, -0.15) is 0 Å². The van der Waals surface area contributed by atoms with Crippen molar-refractivity contribution in [3.8, 4) is 0 Å². The van der Waals surface area contributed by atoms with E-state index in [1.54, 1.807) is 11.9 Å². The minimum atomic E-state index is -0.757. The Kier molecular flexibility index (Phi) is 4.55. The van der Waals surface area contributed by atoms with Gasteiger partial charge in [-0.05, 0) is 37.0 Å². The summed E-state index contributed by atoms with van der Waals surface area (Å²) in [5, 5.41) is 12.4. The maximum Gasteiger partial charge on any atom is 0.317 e. The molecule has 2 bridgehead atoms. The van der Waals surface area contributed by atoms with E-state index in [2.05, 4.69) is 19.2 Å². The van der Waals surface area contributed by atoms with Crippen molar-refractivity contribution in [1.82, 2.24) is 10.2 Å². The summed E-state index contributed by atoms with van der Waals surface area (Å²) in [6.45, 7) is 4.93. The van der Waals surface area contributed by atoms with Crippen LogP contribution in [0.25, 0.3) is 0 Å². The Balaban J connectivity index is 1.94. The van der Waals surface area contributed by atoms with Gasteiger partial charge in [-0.3, -0.25) is 4.79 Å². The maximum absolute atomic E-state index is 12.2. The van der Waals surface area contributed by atoms with Crippen molar-refractivity contribution in [1.29, 1.82) is 0 Å². The lowest BCUT2D eigenvalue weighted by Gasteiger charge is -2.31. The third-order valence-corrected chi connectivity index (χ3v) is 5.12. The highest BCUT2D eigenvalue weighted by molar-refractivity contribution is 5.77. The molecule has 0 radical (unpaired) electrons. The Bertz CT molecular complexity index is 385. The molecule has 2 rings (SSSR count). The molecule has 2 N–H and O–H groups in total. The Morgan fingerprint density at radius 1 is 1.35 bits per heavy atom. The van der Waals surface area contributed by atoms with E-state index in [0.29, 0.717) is 18.4 Å². The van der Waals surface area contributed by atoms with Crippen molar-refractivity contribution < 1.29 is 14.7 Å². The summed E-state index contributed by atoms with van der Waals surface area (Å²) < 4.78 is 0. The number of carbonyl (C=O) groups is 2. The summed E-state index contributed by atoms with van der Waals surface area (Å²) in [7, 11) is 1.78. The molecule has 0 aromatic heterocycles. The first-order chi connectivity index (χ1) is 9.43. The lowest BCUT2D eigenvalue weighted by atomic mass is 9.84. The Hall–Kier alpha value is -1.26. The second kappa shape index (κ2) is 6.02. The van der Waals surface area contributed by atoms with Gasteiger partial charge in [0, 0.05) is 19.6 Å². The SMILES string of the molecule is CCC(C)CN(C)C(=O)NC1C2CCC(C2)C1C(=O)O. The Morgan fingerprint density at radius 2 is 2.00 bits per heavy atom. The lowest BCUT2D eigenvalue weighted by molar-refractivity contribution is -0.144. The number of carboxylic acids is 1. The van der Waals surface area contributed by atoms with Crippen LogP contribution in [0.3, 0.4) is 0 Å². The summed E-state index contributed by atoms with van der Waals surface area (Å²) in [6, 6.07) is -0.313. The fourth-order valence-electron chi connectivity index (χ4n) is 3.79. The van der Waals surface area contributed by atoms with Crippen molar-refractivity contribution in [2.75, 3.05) is 13.6 Å². The Labute approximate surface area is 120 Å². The molecule has 0 aliphatic heterocycles. The number of rotatable bonds is 5. The molecule has 0 spiro atoms. The van der Waals surface area contributed by atoms with Gasteiger partial charge in [-0.15, -0.1) is 0 Å². The van der Waals surface area contributed by atoms with Crippen molar-refractivity contribution in [3.05, 3.63) is 0 Å². The fourth-order valence-corrected chi connectivity index (χ4v) is 3.79. The zero-order valence-electron chi connectivity index (χ0n) is 12.6. The Morgan fingerprint density at radius 3 is 2.60 bits per heavy atom. The van der Waals surface area contributed by atoms with Gasteiger partial charge in [0.2, 0.25) is 0 Å². The number of carboxylic acid groups (broad SMARTS) is 1. The number of fused-ring (bicyclic) bond motifs is 2. The van der Waals surface area contributed by atoms with E-state index in [1.807, 2.05) is 0 Å². The van der Waals surface area contributed by atoms with Crippen LogP contribution in [-0.2, 0) is 4.79 Å². The summed E-state index contributed by atoms with van der Waals surface area (Å²) in [5.74, 6) is -0.0902. The van der Waals surface area contributed by atoms with E-state index < -0.39 is 11.9 Å². The van der Waals surface area contributed by atoms with Gasteiger partial charge >= 0.3 is 12.0 Å². The topological polar surface area (TPSA) is 69.6 Å². The lowest BCUT2D eigenvalue weighted by Crippen LogP contribution is -2.51. The molecule has 2 saturated carbocycles. The minimum Gasteiger partial charge on any atom is -0.481 e. The standard InChI is InChI=1S/C15H26N2O3/c1-4-9(2)8-17(3)15(20)16-13-11-6-5-10(7-11)12(13)14(18)19/h9-13H,4-8H2,1-3H3,(H,16,20)(H,18,19). The number of urea groups is 1. The fraction of sp³-hybridized carbons (Fsp3) is 0.867. The first-order valence-electron chi connectivity index (χ1n) is 7.68. The molecule has 2 fully saturated rings. The van der Waals surface area contributed by atoms with Crippen LogP contribution in [0, 0.1) is 23.7 Å². The molecule has 2 aliphatic carbocycles. The summed E-state index contributed by atoms with van der Waals surface area (Å²) in [5.41, 5.74) is 0. The third kappa shape index (κ3) is 2.91. The molecule has 5 atom stereocenters. The van der Waals surface area contributed by atoms with Gasteiger partial charge in [-0.25, -0.2) is 4.79 Å². The van der Waals surface area contributed by atoms with Gasteiger partial charge in [0.1, 0.15) is 0 Å². The number of carbonyl (C=O) groups excluding carboxylic acids is 1. The van der Waals surface area contributed by atoms with Crippen LogP contribution >= 0.6 is 0 Å². The number of hydrogen-bond acceptors (Lipinski definition) is 2. The van der Waals surface area contributed by atoms with Gasteiger partial charge in [0.25, 0.3) is 0 Å². The second-order valence-corrected chi connectivity index (χ2v) is 6.57. The first-order valence-corrected chi connectivity index (χ1v) is 7.68. The third-order valence-electron chi connectivity index (χ3n) is 5.12. The number of nitrogens with zero attached hydrogens (tertiary/aromatic N) is 1. The zero-order valence-corrected chi connectivity index (χ0v) is 12.6. The average Bonchev–Trinajstić information content (AvgIpc) is 2.98. The summed E-state index contributed by atoms with van der Waals surface area (Å²) in [6.07, 6.45) is 4.03. The molecule has 2 aliphatic rings. The van der Waals surface area contributed by atoms with Gasteiger partial charge in [-0.1, -0.05) is 20.3 Å². The second-order valence-electron chi connectivity index (χ2n) is 6.57. The van der Waals surface area contributed by atoms with Crippen LogP contribution in [0.4, 0.5) is 4.79 Å². The highest BCUT2D eigenvalue weighted by atomic mass is 16.4. The number of amides is 2. The molecule has 20 heavy (non-hydrogen) atoms. The van der Waals surface area contributed by atoms with Crippen molar-refractivity contribution in [2.45, 2.75) is 45.6 Å². The van der Waals surface area contributed by atoms with Crippen molar-refractivity contribution in [3.63, 3.8) is 0 Å². The molecule has 0 aromatic rings. The number of nitrogens with one attached hydrogen (secondary N) is 1.